The molecule has 38 heavy (non-hydrogen) atoms. The maximum atomic E-state index is 15.3. The standard InChI is InChI=1S/C29H27FN4O3S/c1-15-18-8-10-38-26(18)7-9-33(15)28(35)24-13-25(16-3-4-16)34-27(31-24)14-23(32-34)19-6-5-17(11-22(19)30)20-12-21(20)29(36)37-2/h5-6,8,10-11,13-16,20-21H,3-4,7,9,12H2,1-2H3/t15-,20+,21-/m1/s1. The Morgan fingerprint density at radius 2 is 2.00 bits per heavy atom. The predicted molar refractivity (Wildman–Crippen MR) is 141 cm³/mol. The van der Waals surface area contributed by atoms with Crippen LogP contribution in [0, 0.1) is 11.7 Å². The zero-order valence-electron chi connectivity index (χ0n) is 21.2. The molecule has 1 amide bonds. The van der Waals surface area contributed by atoms with Crippen molar-refractivity contribution < 1.29 is 18.7 Å². The van der Waals surface area contributed by atoms with Crippen LogP contribution >= 0.6 is 11.3 Å². The van der Waals surface area contributed by atoms with Crippen molar-refractivity contribution >= 4 is 28.9 Å². The highest BCUT2D eigenvalue weighted by atomic mass is 32.1. The molecule has 0 saturated heterocycles. The number of thiophene rings is 1. The third-order valence-electron chi connectivity index (χ3n) is 8.20. The van der Waals surface area contributed by atoms with Crippen LogP contribution in [0.2, 0.25) is 0 Å². The third-order valence-corrected chi connectivity index (χ3v) is 9.20. The Morgan fingerprint density at radius 3 is 2.76 bits per heavy atom. The molecule has 2 aliphatic carbocycles. The van der Waals surface area contributed by atoms with Crippen molar-refractivity contribution in [1.82, 2.24) is 19.5 Å². The lowest BCUT2D eigenvalue weighted by Gasteiger charge is -2.33. The number of carbonyl (C=O) groups excluding carboxylic acids is 2. The second-order valence-corrected chi connectivity index (χ2v) is 11.6. The number of methoxy groups -OCH3 is 1. The monoisotopic (exact) mass is 530 g/mol. The molecule has 0 spiro atoms. The van der Waals surface area contributed by atoms with E-state index in [0.717, 1.165) is 30.5 Å². The van der Waals surface area contributed by atoms with Gasteiger partial charge < -0.3 is 9.64 Å². The van der Waals surface area contributed by atoms with Crippen molar-refractivity contribution in [3.63, 3.8) is 0 Å². The highest BCUT2D eigenvalue weighted by Crippen LogP contribution is 2.48. The van der Waals surface area contributed by atoms with Gasteiger partial charge in [0.1, 0.15) is 11.5 Å². The van der Waals surface area contributed by atoms with Gasteiger partial charge in [-0.2, -0.15) is 5.10 Å². The second-order valence-electron chi connectivity index (χ2n) is 10.6. The van der Waals surface area contributed by atoms with E-state index in [2.05, 4.69) is 18.4 Å². The van der Waals surface area contributed by atoms with E-state index in [1.165, 1.54) is 23.6 Å². The van der Waals surface area contributed by atoms with E-state index >= 15 is 4.39 Å². The highest BCUT2D eigenvalue weighted by Gasteiger charge is 2.45. The van der Waals surface area contributed by atoms with E-state index < -0.39 is 0 Å². The van der Waals surface area contributed by atoms with Crippen molar-refractivity contribution in [3.8, 4) is 11.3 Å². The van der Waals surface area contributed by atoms with Crippen LogP contribution in [0.1, 0.15) is 76.3 Å². The molecular formula is C29H27FN4O3S. The molecule has 4 aromatic rings. The molecule has 3 aromatic heterocycles. The van der Waals surface area contributed by atoms with Crippen LogP contribution in [-0.2, 0) is 16.0 Å². The van der Waals surface area contributed by atoms with Gasteiger partial charge in [0, 0.05) is 34.7 Å². The average molecular weight is 531 g/mol. The number of esters is 1. The van der Waals surface area contributed by atoms with E-state index in [1.807, 2.05) is 17.0 Å². The minimum absolute atomic E-state index is 0.00164. The van der Waals surface area contributed by atoms with E-state index in [1.54, 1.807) is 28.0 Å². The number of carbonyl (C=O) groups is 2. The number of amides is 1. The van der Waals surface area contributed by atoms with Crippen LogP contribution in [0.4, 0.5) is 4.39 Å². The van der Waals surface area contributed by atoms with E-state index in [0.29, 0.717) is 41.5 Å². The predicted octanol–water partition coefficient (Wildman–Crippen LogP) is 5.51. The molecule has 3 aliphatic rings. The smallest absolute Gasteiger partial charge is 0.309 e. The number of hydrogen-bond donors (Lipinski definition) is 0. The number of benzene rings is 1. The largest absolute Gasteiger partial charge is 0.469 e. The molecule has 1 aliphatic heterocycles. The molecule has 3 atom stereocenters. The zero-order chi connectivity index (χ0) is 26.1. The minimum Gasteiger partial charge on any atom is -0.469 e. The molecule has 0 unspecified atom stereocenters. The summed E-state index contributed by atoms with van der Waals surface area (Å²) in [7, 11) is 1.38. The summed E-state index contributed by atoms with van der Waals surface area (Å²) in [6, 6.07) is 10.8. The van der Waals surface area contributed by atoms with Crippen LogP contribution in [0.5, 0.6) is 0 Å². The molecule has 7 rings (SSSR count). The maximum absolute atomic E-state index is 15.3. The summed E-state index contributed by atoms with van der Waals surface area (Å²) >= 11 is 1.75. The van der Waals surface area contributed by atoms with Crippen molar-refractivity contribution in [3.05, 3.63) is 75.0 Å². The Labute approximate surface area is 223 Å². The molecular weight excluding hydrogens is 503 g/mol. The summed E-state index contributed by atoms with van der Waals surface area (Å²) < 4.78 is 21.9. The molecule has 2 fully saturated rings. The van der Waals surface area contributed by atoms with Crippen molar-refractivity contribution in [1.29, 1.82) is 0 Å². The van der Waals surface area contributed by atoms with Gasteiger partial charge in [-0.05, 0) is 79.3 Å². The summed E-state index contributed by atoms with van der Waals surface area (Å²) in [5.74, 6) is -0.610. The molecule has 0 radical (unpaired) electrons. The van der Waals surface area contributed by atoms with E-state index in [-0.39, 0.29) is 35.6 Å². The van der Waals surface area contributed by atoms with E-state index in [4.69, 9.17) is 14.8 Å². The number of hydrogen-bond acceptors (Lipinski definition) is 6. The molecule has 7 nitrogen and oxygen atoms in total. The van der Waals surface area contributed by atoms with Crippen LogP contribution in [0.3, 0.4) is 0 Å². The van der Waals surface area contributed by atoms with Gasteiger partial charge in [-0.1, -0.05) is 6.07 Å². The van der Waals surface area contributed by atoms with Gasteiger partial charge in [-0.3, -0.25) is 9.59 Å². The summed E-state index contributed by atoms with van der Waals surface area (Å²) in [6.45, 7) is 2.74. The number of fused-ring (bicyclic) bond motifs is 2. The Hall–Kier alpha value is -3.59. The molecule has 194 valence electrons. The molecule has 1 aromatic carbocycles. The highest BCUT2D eigenvalue weighted by molar-refractivity contribution is 7.10. The first-order valence-electron chi connectivity index (χ1n) is 13.1. The van der Waals surface area contributed by atoms with Gasteiger partial charge >= 0.3 is 5.97 Å². The Bertz CT molecular complexity index is 1610. The van der Waals surface area contributed by atoms with Crippen molar-refractivity contribution in [2.75, 3.05) is 13.7 Å². The normalized spacial score (nSPS) is 22.4. The third kappa shape index (κ3) is 3.83. The Kier molecular flexibility index (Phi) is 5.40. The van der Waals surface area contributed by atoms with Crippen LogP contribution in [0.25, 0.3) is 16.9 Å². The molecule has 9 heteroatoms. The summed E-state index contributed by atoms with van der Waals surface area (Å²) in [5, 5.41) is 6.81. The first-order chi connectivity index (χ1) is 18.4. The van der Waals surface area contributed by atoms with Gasteiger partial charge in [0.15, 0.2) is 5.65 Å². The second kappa shape index (κ2) is 8.73. The average Bonchev–Trinajstić information content (AvgIpc) is 3.83. The summed E-state index contributed by atoms with van der Waals surface area (Å²) in [4.78, 5) is 33.4. The quantitative estimate of drug-likeness (QED) is 0.318. The Balaban J connectivity index is 1.22. The minimum atomic E-state index is -0.389. The van der Waals surface area contributed by atoms with Crippen LogP contribution in [-0.4, -0.2) is 45.0 Å². The van der Waals surface area contributed by atoms with Gasteiger partial charge in [0.2, 0.25) is 0 Å². The SMILES string of the molecule is COC(=O)[C@@H]1C[C@H]1c1ccc(-c2cc3nc(C(=O)N4CCc5sccc5[C@H]4C)cc(C4CC4)n3n2)c(F)c1. The number of halogens is 1. The topological polar surface area (TPSA) is 76.8 Å². The summed E-state index contributed by atoms with van der Waals surface area (Å²) in [5.41, 5.74) is 4.76. The molecule has 4 heterocycles. The Morgan fingerprint density at radius 1 is 1.16 bits per heavy atom. The number of rotatable bonds is 5. The number of ether oxygens (including phenoxy) is 1. The first kappa shape index (κ1) is 23.5. The summed E-state index contributed by atoms with van der Waals surface area (Å²) in [6.07, 6.45) is 3.60. The van der Waals surface area contributed by atoms with Gasteiger partial charge in [-0.25, -0.2) is 13.9 Å². The lowest BCUT2D eigenvalue weighted by Crippen LogP contribution is -2.38. The number of nitrogens with zero attached hydrogens (tertiary/aromatic N) is 4. The zero-order valence-corrected chi connectivity index (χ0v) is 22.0. The van der Waals surface area contributed by atoms with Gasteiger partial charge in [-0.15, -0.1) is 11.3 Å². The van der Waals surface area contributed by atoms with E-state index in [9.17, 15) is 9.59 Å². The first-order valence-corrected chi connectivity index (χ1v) is 14.0. The van der Waals surface area contributed by atoms with Gasteiger partial charge in [0.05, 0.1) is 24.8 Å². The van der Waals surface area contributed by atoms with Crippen LogP contribution in [0.15, 0.2) is 41.8 Å². The lowest BCUT2D eigenvalue weighted by atomic mass is 10.0. The lowest BCUT2D eigenvalue weighted by molar-refractivity contribution is -0.142. The van der Waals surface area contributed by atoms with Crippen molar-refractivity contribution in [2.45, 2.75) is 50.5 Å². The molecule has 2 saturated carbocycles. The van der Waals surface area contributed by atoms with Crippen LogP contribution < -0.4 is 0 Å². The maximum Gasteiger partial charge on any atom is 0.309 e. The van der Waals surface area contributed by atoms with Gasteiger partial charge in [0.25, 0.3) is 5.91 Å². The van der Waals surface area contributed by atoms with Crippen molar-refractivity contribution in [2.24, 2.45) is 5.92 Å². The molecule has 0 bridgehead atoms. The fraction of sp³-hybridized carbons (Fsp3) is 0.379. The fourth-order valence-electron chi connectivity index (χ4n) is 5.79. The molecule has 0 N–H and O–H groups in total. The number of aromatic nitrogens is 3. The fourth-order valence-corrected chi connectivity index (χ4v) is 6.75.